The van der Waals surface area contributed by atoms with Gasteiger partial charge in [0.15, 0.2) is 0 Å². The minimum atomic E-state index is -0.270. The highest BCUT2D eigenvalue weighted by molar-refractivity contribution is 7.14. The molecule has 0 unspecified atom stereocenters. The van der Waals surface area contributed by atoms with Gasteiger partial charge in [0.2, 0.25) is 5.91 Å². The van der Waals surface area contributed by atoms with Crippen molar-refractivity contribution in [1.29, 1.82) is 0 Å². The van der Waals surface area contributed by atoms with Gasteiger partial charge in [0.05, 0.1) is 19.2 Å². The van der Waals surface area contributed by atoms with E-state index in [2.05, 4.69) is 10.3 Å². The fourth-order valence-corrected chi connectivity index (χ4v) is 3.53. The smallest absolute Gasteiger partial charge is 0.268 e. The summed E-state index contributed by atoms with van der Waals surface area (Å²) in [5.41, 5.74) is 2.04. The second-order valence-corrected chi connectivity index (χ2v) is 7.39. The first-order valence-electron chi connectivity index (χ1n) is 8.68. The van der Waals surface area contributed by atoms with E-state index in [1.807, 2.05) is 36.4 Å². The van der Waals surface area contributed by atoms with Crippen LogP contribution in [0.1, 0.15) is 14.7 Å². The van der Waals surface area contributed by atoms with Gasteiger partial charge in [0, 0.05) is 31.4 Å². The van der Waals surface area contributed by atoms with Gasteiger partial charge in [-0.05, 0) is 12.1 Å². The van der Waals surface area contributed by atoms with Crippen LogP contribution in [0.4, 0.5) is 5.69 Å². The third-order valence-electron chi connectivity index (χ3n) is 4.05. The lowest BCUT2D eigenvalue weighted by Gasteiger charge is -2.07. The number of nitrogens with one attached hydrogen (secondary N) is 1. The third-order valence-corrected chi connectivity index (χ3v) is 5.11. The van der Waals surface area contributed by atoms with Gasteiger partial charge in [-0.1, -0.05) is 36.4 Å². The normalized spacial score (nSPS) is 10.4. The Bertz CT molecular complexity index is 984. The third kappa shape index (κ3) is 4.55. The predicted octanol–water partition coefficient (Wildman–Crippen LogP) is 3.70. The zero-order chi connectivity index (χ0) is 20.1. The number of likely N-dealkylation sites (N-methyl/N-ethyl adjacent to an activating group) is 1. The van der Waals surface area contributed by atoms with Crippen LogP contribution in [-0.4, -0.2) is 42.9 Å². The molecule has 28 heavy (non-hydrogen) atoms. The second kappa shape index (κ2) is 8.67. The maximum Gasteiger partial charge on any atom is 0.268 e. The van der Waals surface area contributed by atoms with E-state index in [1.165, 1.54) is 16.2 Å². The SMILES string of the molecule is COc1cccc(NC(=O)c2sc(CC(=O)N(C)C)nc2-c2ccccc2)c1. The molecule has 2 aromatic carbocycles. The van der Waals surface area contributed by atoms with Crippen LogP contribution in [0.25, 0.3) is 11.3 Å². The Balaban J connectivity index is 1.94. The van der Waals surface area contributed by atoms with Gasteiger partial charge < -0.3 is 15.0 Å². The van der Waals surface area contributed by atoms with Crippen LogP contribution in [0.2, 0.25) is 0 Å². The van der Waals surface area contributed by atoms with E-state index in [4.69, 9.17) is 4.74 Å². The van der Waals surface area contributed by atoms with E-state index in [1.54, 1.807) is 39.4 Å². The fraction of sp³-hybridized carbons (Fsp3) is 0.190. The summed E-state index contributed by atoms with van der Waals surface area (Å²) < 4.78 is 5.20. The minimum absolute atomic E-state index is 0.0619. The van der Waals surface area contributed by atoms with Crippen molar-refractivity contribution < 1.29 is 14.3 Å². The number of nitrogens with zero attached hydrogens (tertiary/aromatic N) is 2. The van der Waals surface area contributed by atoms with Gasteiger partial charge in [0.1, 0.15) is 15.6 Å². The van der Waals surface area contributed by atoms with Gasteiger partial charge in [-0.2, -0.15) is 0 Å². The molecule has 0 aliphatic rings. The Morgan fingerprint density at radius 2 is 1.86 bits per heavy atom. The number of thiazole rings is 1. The summed E-state index contributed by atoms with van der Waals surface area (Å²) in [7, 11) is 4.97. The fourth-order valence-electron chi connectivity index (χ4n) is 2.56. The lowest BCUT2D eigenvalue weighted by Crippen LogP contribution is -2.23. The number of methoxy groups -OCH3 is 1. The highest BCUT2D eigenvalue weighted by Gasteiger charge is 2.21. The summed E-state index contributed by atoms with van der Waals surface area (Å²) in [5, 5.41) is 3.49. The molecule has 0 spiro atoms. The Morgan fingerprint density at radius 3 is 2.54 bits per heavy atom. The number of hydrogen-bond donors (Lipinski definition) is 1. The topological polar surface area (TPSA) is 71.5 Å². The van der Waals surface area contributed by atoms with Crippen LogP contribution >= 0.6 is 11.3 Å². The number of rotatable bonds is 6. The van der Waals surface area contributed by atoms with Gasteiger partial charge in [-0.15, -0.1) is 11.3 Å². The molecule has 0 saturated heterocycles. The van der Waals surface area contributed by atoms with Crippen molar-refractivity contribution in [2.45, 2.75) is 6.42 Å². The quantitative estimate of drug-likeness (QED) is 0.691. The molecule has 0 saturated carbocycles. The lowest BCUT2D eigenvalue weighted by molar-refractivity contribution is -0.127. The first kappa shape index (κ1) is 19.6. The van der Waals surface area contributed by atoms with E-state index in [0.717, 1.165) is 5.56 Å². The number of aromatic nitrogens is 1. The largest absolute Gasteiger partial charge is 0.497 e. The summed E-state index contributed by atoms with van der Waals surface area (Å²) in [5.74, 6) is 0.323. The average Bonchev–Trinajstić information content (AvgIpc) is 3.12. The number of carbonyl (C=O) groups excluding carboxylic acids is 2. The summed E-state index contributed by atoms with van der Waals surface area (Å²) >= 11 is 1.24. The highest BCUT2D eigenvalue weighted by Crippen LogP contribution is 2.30. The van der Waals surface area contributed by atoms with Crippen molar-refractivity contribution in [2.75, 3.05) is 26.5 Å². The molecule has 0 aliphatic heterocycles. The van der Waals surface area contributed by atoms with Crippen molar-refractivity contribution in [2.24, 2.45) is 0 Å². The first-order chi connectivity index (χ1) is 13.5. The lowest BCUT2D eigenvalue weighted by atomic mass is 10.1. The predicted molar refractivity (Wildman–Crippen MR) is 111 cm³/mol. The van der Waals surface area contributed by atoms with Crippen LogP contribution in [0.3, 0.4) is 0 Å². The number of amides is 2. The zero-order valence-electron chi connectivity index (χ0n) is 15.9. The van der Waals surface area contributed by atoms with Crippen LogP contribution in [-0.2, 0) is 11.2 Å². The Morgan fingerprint density at radius 1 is 1.11 bits per heavy atom. The summed E-state index contributed by atoms with van der Waals surface area (Å²) in [4.78, 5) is 31.6. The van der Waals surface area contributed by atoms with Gasteiger partial charge in [-0.3, -0.25) is 9.59 Å². The molecule has 7 heteroatoms. The molecular formula is C21H21N3O3S. The Kier molecular flexibility index (Phi) is 6.06. The minimum Gasteiger partial charge on any atom is -0.497 e. The number of benzene rings is 2. The van der Waals surface area contributed by atoms with Crippen molar-refractivity contribution in [3.63, 3.8) is 0 Å². The van der Waals surface area contributed by atoms with E-state index >= 15 is 0 Å². The van der Waals surface area contributed by atoms with E-state index < -0.39 is 0 Å². The molecule has 1 aromatic heterocycles. The van der Waals surface area contributed by atoms with Crippen LogP contribution in [0.15, 0.2) is 54.6 Å². The standard InChI is InChI=1S/C21H21N3O3S/c1-24(2)18(25)13-17-23-19(14-8-5-4-6-9-14)20(28-17)21(26)22-15-10-7-11-16(12-15)27-3/h4-12H,13H2,1-3H3,(H,22,26). The van der Waals surface area contributed by atoms with Gasteiger partial charge >= 0.3 is 0 Å². The van der Waals surface area contributed by atoms with E-state index in [-0.39, 0.29) is 18.2 Å². The maximum atomic E-state index is 13.0. The van der Waals surface area contributed by atoms with Crippen molar-refractivity contribution in [3.05, 3.63) is 64.5 Å². The first-order valence-corrected chi connectivity index (χ1v) is 9.50. The number of hydrogen-bond acceptors (Lipinski definition) is 5. The van der Waals surface area contributed by atoms with E-state index in [9.17, 15) is 9.59 Å². The van der Waals surface area contributed by atoms with Crippen LogP contribution in [0, 0.1) is 0 Å². The number of carbonyl (C=O) groups is 2. The summed E-state index contributed by atoms with van der Waals surface area (Å²) in [6.45, 7) is 0. The van der Waals surface area contributed by atoms with Crippen molar-refractivity contribution in [3.8, 4) is 17.0 Å². The molecule has 6 nitrogen and oxygen atoms in total. The Labute approximate surface area is 167 Å². The van der Waals surface area contributed by atoms with Crippen molar-refractivity contribution >= 4 is 28.8 Å². The molecule has 1 heterocycles. The van der Waals surface area contributed by atoms with E-state index in [0.29, 0.717) is 27.0 Å². The maximum absolute atomic E-state index is 13.0. The summed E-state index contributed by atoms with van der Waals surface area (Å²) in [6, 6.07) is 16.6. The molecule has 3 rings (SSSR count). The van der Waals surface area contributed by atoms with Gasteiger partial charge in [0.25, 0.3) is 5.91 Å². The molecule has 0 bridgehead atoms. The number of anilines is 1. The van der Waals surface area contributed by atoms with Crippen LogP contribution in [0.5, 0.6) is 5.75 Å². The molecule has 0 atom stereocenters. The molecule has 0 fully saturated rings. The molecule has 0 aliphatic carbocycles. The second-order valence-electron chi connectivity index (χ2n) is 6.30. The summed E-state index contributed by atoms with van der Waals surface area (Å²) in [6.07, 6.45) is 0.157. The zero-order valence-corrected chi connectivity index (χ0v) is 16.7. The van der Waals surface area contributed by atoms with Gasteiger partial charge in [-0.25, -0.2) is 4.98 Å². The molecule has 1 N–H and O–H groups in total. The molecule has 3 aromatic rings. The average molecular weight is 395 g/mol. The Hall–Kier alpha value is -3.19. The monoisotopic (exact) mass is 395 g/mol. The molecular weight excluding hydrogens is 374 g/mol. The molecule has 2 amide bonds. The molecule has 0 radical (unpaired) electrons. The number of ether oxygens (including phenoxy) is 1. The van der Waals surface area contributed by atoms with Crippen molar-refractivity contribution in [1.82, 2.24) is 9.88 Å². The highest BCUT2D eigenvalue weighted by atomic mass is 32.1. The van der Waals surface area contributed by atoms with Crippen LogP contribution < -0.4 is 10.1 Å². The molecule has 144 valence electrons.